The minimum Gasteiger partial charge on any atom is -0.497 e. The maximum Gasteiger partial charge on any atom is 0.433 e. The van der Waals surface area contributed by atoms with E-state index in [0.29, 0.717) is 22.4 Å². The van der Waals surface area contributed by atoms with Gasteiger partial charge in [-0.15, -0.1) is 0 Å². The van der Waals surface area contributed by atoms with Gasteiger partial charge in [-0.25, -0.2) is 18.4 Å². The Morgan fingerprint density at radius 1 is 1.06 bits per heavy atom. The molecule has 33 heavy (non-hydrogen) atoms. The molecular weight excluding hydrogens is 457 g/mol. The molecule has 0 amide bonds. The second-order valence-corrected chi connectivity index (χ2v) is 9.50. The number of pyridine rings is 2. The Hall–Kier alpha value is -3.47. The van der Waals surface area contributed by atoms with Gasteiger partial charge in [-0.05, 0) is 29.8 Å². The Kier molecular flexibility index (Phi) is 5.61. The summed E-state index contributed by atoms with van der Waals surface area (Å²) < 4.78 is 71.8. The largest absolute Gasteiger partial charge is 0.497 e. The van der Waals surface area contributed by atoms with Gasteiger partial charge >= 0.3 is 6.18 Å². The first-order chi connectivity index (χ1) is 15.5. The minimum absolute atomic E-state index is 0.0355. The molecule has 3 heterocycles. The highest BCUT2D eigenvalue weighted by Gasteiger charge is 2.33. The van der Waals surface area contributed by atoms with Gasteiger partial charge in [0.05, 0.1) is 35.0 Å². The van der Waals surface area contributed by atoms with Gasteiger partial charge in [0.25, 0.3) is 0 Å². The Bertz CT molecular complexity index is 1460. The minimum atomic E-state index is -4.63. The van der Waals surface area contributed by atoms with E-state index >= 15 is 0 Å². The number of sulfone groups is 1. The van der Waals surface area contributed by atoms with Crippen molar-refractivity contribution in [1.29, 1.82) is 0 Å². The van der Waals surface area contributed by atoms with Crippen molar-refractivity contribution in [2.45, 2.75) is 18.0 Å². The van der Waals surface area contributed by atoms with Crippen LogP contribution < -0.4 is 4.74 Å². The van der Waals surface area contributed by atoms with Crippen LogP contribution in [0.5, 0.6) is 5.75 Å². The molecule has 1 aromatic carbocycles. The number of benzene rings is 1. The zero-order valence-corrected chi connectivity index (χ0v) is 18.7. The van der Waals surface area contributed by atoms with Gasteiger partial charge in [-0.3, -0.25) is 4.98 Å². The average molecular weight is 476 g/mol. The molecule has 0 spiro atoms. The SMILES string of the molecule is CCS(=O)(=O)c1cc(-c2cccc(OC)c2)cnc1-c1nc2cc(C(F)(F)F)ncc2n1C. The van der Waals surface area contributed by atoms with Crippen LogP contribution in [0.3, 0.4) is 0 Å². The molecule has 0 saturated carbocycles. The van der Waals surface area contributed by atoms with Crippen molar-refractivity contribution >= 4 is 20.9 Å². The quantitative estimate of drug-likeness (QED) is 0.421. The second-order valence-electron chi connectivity index (χ2n) is 7.26. The summed E-state index contributed by atoms with van der Waals surface area (Å²) in [5, 5.41) is 0. The van der Waals surface area contributed by atoms with Crippen molar-refractivity contribution in [3.63, 3.8) is 0 Å². The van der Waals surface area contributed by atoms with Crippen LogP contribution in [-0.4, -0.2) is 40.8 Å². The zero-order valence-electron chi connectivity index (χ0n) is 17.9. The van der Waals surface area contributed by atoms with Crippen LogP contribution in [0.25, 0.3) is 33.7 Å². The monoisotopic (exact) mass is 476 g/mol. The van der Waals surface area contributed by atoms with Crippen LogP contribution in [-0.2, 0) is 23.1 Å². The third-order valence-corrected chi connectivity index (χ3v) is 6.98. The Labute approximate surface area is 187 Å². The molecular formula is C22H19F3N4O3S. The summed E-state index contributed by atoms with van der Waals surface area (Å²) in [7, 11) is -0.656. The van der Waals surface area contributed by atoms with E-state index in [-0.39, 0.29) is 27.7 Å². The van der Waals surface area contributed by atoms with Crippen LogP contribution in [0.4, 0.5) is 13.2 Å². The predicted molar refractivity (Wildman–Crippen MR) is 116 cm³/mol. The van der Waals surface area contributed by atoms with E-state index in [0.717, 1.165) is 12.3 Å². The number of hydrogen-bond donors (Lipinski definition) is 0. The van der Waals surface area contributed by atoms with Crippen molar-refractivity contribution in [2.24, 2.45) is 7.05 Å². The number of hydrogen-bond acceptors (Lipinski definition) is 6. The van der Waals surface area contributed by atoms with Crippen LogP contribution in [0, 0.1) is 0 Å². The first-order valence-electron chi connectivity index (χ1n) is 9.82. The number of ether oxygens (including phenoxy) is 1. The Morgan fingerprint density at radius 2 is 1.82 bits per heavy atom. The fraction of sp³-hybridized carbons (Fsp3) is 0.227. The number of aromatic nitrogens is 4. The predicted octanol–water partition coefficient (Wildman–Crippen LogP) is 4.52. The number of methoxy groups -OCH3 is 1. The second kappa shape index (κ2) is 8.14. The first-order valence-corrected chi connectivity index (χ1v) is 11.5. The van der Waals surface area contributed by atoms with Crippen LogP contribution >= 0.6 is 0 Å². The van der Waals surface area contributed by atoms with Gasteiger partial charge in [0.1, 0.15) is 17.1 Å². The molecule has 4 aromatic rings. The highest BCUT2D eigenvalue weighted by atomic mass is 32.2. The maximum atomic E-state index is 13.1. The van der Waals surface area contributed by atoms with Crippen molar-refractivity contribution in [2.75, 3.05) is 12.9 Å². The highest BCUT2D eigenvalue weighted by Crippen LogP contribution is 2.34. The molecule has 0 N–H and O–H groups in total. The topological polar surface area (TPSA) is 87.0 Å². The van der Waals surface area contributed by atoms with Crippen LogP contribution in [0.15, 0.2) is 53.7 Å². The van der Waals surface area contributed by atoms with Crippen molar-refractivity contribution in [1.82, 2.24) is 19.5 Å². The molecule has 0 radical (unpaired) electrons. The highest BCUT2D eigenvalue weighted by molar-refractivity contribution is 7.91. The lowest BCUT2D eigenvalue weighted by atomic mass is 10.1. The van der Waals surface area contributed by atoms with Gasteiger partial charge in [0, 0.05) is 18.8 Å². The van der Waals surface area contributed by atoms with E-state index in [1.54, 1.807) is 31.3 Å². The van der Waals surface area contributed by atoms with Crippen LogP contribution in [0.2, 0.25) is 0 Å². The van der Waals surface area contributed by atoms with E-state index in [1.165, 1.54) is 30.9 Å². The number of aryl methyl sites for hydroxylation is 1. The maximum absolute atomic E-state index is 13.1. The third-order valence-electron chi connectivity index (χ3n) is 5.24. The molecule has 4 rings (SSSR count). The summed E-state index contributed by atoms with van der Waals surface area (Å²) in [6.07, 6.45) is -2.07. The molecule has 0 bridgehead atoms. The van der Waals surface area contributed by atoms with E-state index in [9.17, 15) is 21.6 Å². The van der Waals surface area contributed by atoms with Gasteiger partial charge in [-0.2, -0.15) is 13.2 Å². The van der Waals surface area contributed by atoms with Crippen LogP contribution in [0.1, 0.15) is 12.6 Å². The standard InChI is InChI=1S/C22H19F3N4O3S/c1-4-33(30,31)18-9-14(13-6-5-7-15(8-13)32-3)11-27-20(18)21-28-16-10-19(22(23,24)25)26-12-17(16)29(21)2/h5-12H,4H2,1-3H3. The molecule has 0 atom stereocenters. The summed E-state index contributed by atoms with van der Waals surface area (Å²) >= 11 is 0. The summed E-state index contributed by atoms with van der Waals surface area (Å²) in [5.41, 5.74) is 0.567. The Morgan fingerprint density at radius 3 is 2.48 bits per heavy atom. The number of halogens is 3. The fourth-order valence-corrected chi connectivity index (χ4v) is 4.48. The Balaban J connectivity index is 1.93. The summed E-state index contributed by atoms with van der Waals surface area (Å²) in [5.74, 6) is 0.530. The van der Waals surface area contributed by atoms with Crippen molar-refractivity contribution < 1.29 is 26.3 Å². The van der Waals surface area contributed by atoms with Gasteiger partial charge in [0.2, 0.25) is 0 Å². The van der Waals surface area contributed by atoms with E-state index in [4.69, 9.17) is 4.74 Å². The van der Waals surface area contributed by atoms with Crippen molar-refractivity contribution in [3.8, 4) is 28.4 Å². The van der Waals surface area contributed by atoms with Crippen molar-refractivity contribution in [3.05, 3.63) is 54.5 Å². The molecule has 0 fully saturated rings. The molecule has 7 nitrogen and oxygen atoms in total. The average Bonchev–Trinajstić information content (AvgIpc) is 3.14. The lowest BCUT2D eigenvalue weighted by molar-refractivity contribution is -0.141. The molecule has 0 aliphatic rings. The summed E-state index contributed by atoms with van der Waals surface area (Å²) in [4.78, 5) is 12.1. The first kappa shape index (κ1) is 22.7. The smallest absolute Gasteiger partial charge is 0.433 e. The number of imidazole rings is 1. The molecule has 11 heteroatoms. The van der Waals surface area contributed by atoms with Gasteiger partial charge in [0.15, 0.2) is 15.7 Å². The van der Waals surface area contributed by atoms with Gasteiger partial charge in [-0.1, -0.05) is 19.1 Å². The molecule has 0 aliphatic heterocycles. The summed E-state index contributed by atoms with van der Waals surface area (Å²) in [6, 6.07) is 9.40. The lowest BCUT2D eigenvalue weighted by Crippen LogP contribution is -2.09. The summed E-state index contributed by atoms with van der Waals surface area (Å²) in [6.45, 7) is 1.51. The number of nitrogens with zero attached hydrogens (tertiary/aromatic N) is 4. The van der Waals surface area contributed by atoms with E-state index in [1.807, 2.05) is 0 Å². The lowest BCUT2D eigenvalue weighted by Gasteiger charge is -2.12. The number of rotatable bonds is 5. The molecule has 0 unspecified atom stereocenters. The molecule has 172 valence electrons. The molecule has 3 aromatic heterocycles. The zero-order chi connectivity index (χ0) is 24.0. The number of alkyl halides is 3. The molecule has 0 saturated heterocycles. The molecule has 0 aliphatic carbocycles. The number of fused-ring (bicyclic) bond motifs is 1. The van der Waals surface area contributed by atoms with Gasteiger partial charge < -0.3 is 9.30 Å². The fourth-order valence-electron chi connectivity index (χ4n) is 3.42. The van der Waals surface area contributed by atoms with E-state index in [2.05, 4.69) is 15.0 Å². The third kappa shape index (κ3) is 4.15. The normalized spacial score (nSPS) is 12.3. The van der Waals surface area contributed by atoms with E-state index < -0.39 is 21.7 Å².